The summed E-state index contributed by atoms with van der Waals surface area (Å²) < 4.78 is 0. The van der Waals surface area contributed by atoms with Crippen molar-refractivity contribution in [1.82, 2.24) is 5.32 Å². The number of nitrogens with two attached hydrogens (primary N) is 1. The maximum absolute atomic E-state index is 11.9. The molecule has 0 radical (unpaired) electrons. The van der Waals surface area contributed by atoms with Crippen LogP contribution in [-0.2, 0) is 0 Å². The SMILES string of the molecule is NC1CCCCC1NC(=O)Nc1cc(Cl)ccc1Cl. The molecule has 0 saturated heterocycles. The molecule has 0 spiro atoms. The minimum atomic E-state index is -0.300. The van der Waals surface area contributed by atoms with Crippen LogP contribution >= 0.6 is 23.2 Å². The molecule has 4 N–H and O–H groups in total. The van der Waals surface area contributed by atoms with Gasteiger partial charge in [-0.15, -0.1) is 0 Å². The summed E-state index contributed by atoms with van der Waals surface area (Å²) in [5.41, 5.74) is 6.48. The van der Waals surface area contributed by atoms with E-state index < -0.39 is 0 Å². The van der Waals surface area contributed by atoms with Gasteiger partial charge in [0.2, 0.25) is 0 Å². The molecular weight excluding hydrogens is 285 g/mol. The smallest absolute Gasteiger partial charge is 0.319 e. The van der Waals surface area contributed by atoms with Crippen molar-refractivity contribution in [3.63, 3.8) is 0 Å². The van der Waals surface area contributed by atoms with Crippen molar-refractivity contribution in [1.29, 1.82) is 0 Å². The highest BCUT2D eigenvalue weighted by Crippen LogP contribution is 2.25. The van der Waals surface area contributed by atoms with E-state index in [9.17, 15) is 4.79 Å². The van der Waals surface area contributed by atoms with Gasteiger partial charge in [-0.1, -0.05) is 36.0 Å². The molecule has 0 aliphatic heterocycles. The molecule has 1 aliphatic carbocycles. The molecule has 6 heteroatoms. The summed E-state index contributed by atoms with van der Waals surface area (Å²) in [6, 6.07) is 4.67. The van der Waals surface area contributed by atoms with E-state index in [1.807, 2.05) is 0 Å². The Bertz CT molecular complexity index is 467. The van der Waals surface area contributed by atoms with Crippen LogP contribution in [0.3, 0.4) is 0 Å². The van der Waals surface area contributed by atoms with E-state index in [-0.39, 0.29) is 18.1 Å². The van der Waals surface area contributed by atoms with Crippen LogP contribution in [0.25, 0.3) is 0 Å². The molecular formula is C13H17Cl2N3O. The van der Waals surface area contributed by atoms with E-state index in [1.54, 1.807) is 18.2 Å². The summed E-state index contributed by atoms with van der Waals surface area (Å²) in [4.78, 5) is 11.9. The van der Waals surface area contributed by atoms with Crippen LogP contribution < -0.4 is 16.4 Å². The average Bonchev–Trinajstić information content (AvgIpc) is 2.37. The highest BCUT2D eigenvalue weighted by Gasteiger charge is 2.23. The van der Waals surface area contributed by atoms with Crippen LogP contribution in [0, 0.1) is 0 Å². The molecule has 1 aromatic rings. The second-order valence-electron chi connectivity index (χ2n) is 4.78. The molecule has 2 unspecified atom stereocenters. The number of hydrogen-bond donors (Lipinski definition) is 3. The lowest BCUT2D eigenvalue weighted by atomic mass is 9.91. The van der Waals surface area contributed by atoms with Crippen molar-refractivity contribution in [3.8, 4) is 0 Å². The Morgan fingerprint density at radius 3 is 2.74 bits per heavy atom. The molecule has 1 saturated carbocycles. The Morgan fingerprint density at radius 2 is 2.00 bits per heavy atom. The van der Waals surface area contributed by atoms with Crippen LogP contribution in [0.4, 0.5) is 10.5 Å². The molecule has 1 aliphatic rings. The number of carbonyl (C=O) groups excluding carboxylic acids is 1. The number of nitrogens with one attached hydrogen (secondary N) is 2. The van der Waals surface area contributed by atoms with Crippen molar-refractivity contribution in [2.45, 2.75) is 37.8 Å². The number of halogens is 2. The monoisotopic (exact) mass is 301 g/mol. The zero-order valence-electron chi connectivity index (χ0n) is 10.5. The zero-order chi connectivity index (χ0) is 13.8. The second kappa shape index (κ2) is 6.46. The lowest BCUT2D eigenvalue weighted by molar-refractivity contribution is 0.240. The number of hydrogen-bond acceptors (Lipinski definition) is 2. The van der Waals surface area contributed by atoms with Gasteiger partial charge in [0.1, 0.15) is 0 Å². The Labute approximate surface area is 122 Å². The van der Waals surface area contributed by atoms with Gasteiger partial charge in [0.25, 0.3) is 0 Å². The summed E-state index contributed by atoms with van der Waals surface area (Å²) >= 11 is 11.9. The van der Waals surface area contributed by atoms with Crippen LogP contribution in [0.1, 0.15) is 25.7 Å². The van der Waals surface area contributed by atoms with Crippen LogP contribution in [0.5, 0.6) is 0 Å². The van der Waals surface area contributed by atoms with Crippen molar-refractivity contribution in [3.05, 3.63) is 28.2 Å². The van der Waals surface area contributed by atoms with Gasteiger partial charge < -0.3 is 16.4 Å². The number of benzene rings is 1. The van der Waals surface area contributed by atoms with Crippen LogP contribution in [-0.4, -0.2) is 18.1 Å². The average molecular weight is 302 g/mol. The number of amides is 2. The first-order valence-electron chi connectivity index (χ1n) is 6.34. The van der Waals surface area contributed by atoms with E-state index in [1.165, 1.54) is 0 Å². The van der Waals surface area contributed by atoms with Crippen molar-refractivity contribution < 1.29 is 4.79 Å². The fourth-order valence-electron chi connectivity index (χ4n) is 2.26. The van der Waals surface area contributed by atoms with Gasteiger partial charge in [-0.2, -0.15) is 0 Å². The molecule has 0 heterocycles. The van der Waals surface area contributed by atoms with Gasteiger partial charge in [-0.05, 0) is 31.0 Å². The van der Waals surface area contributed by atoms with Crippen molar-refractivity contribution in [2.75, 3.05) is 5.32 Å². The predicted molar refractivity (Wildman–Crippen MR) is 78.8 cm³/mol. The van der Waals surface area contributed by atoms with Crippen molar-refractivity contribution in [2.24, 2.45) is 5.73 Å². The van der Waals surface area contributed by atoms with E-state index in [0.717, 1.165) is 25.7 Å². The van der Waals surface area contributed by atoms with Gasteiger partial charge >= 0.3 is 6.03 Å². The Balaban J connectivity index is 1.95. The highest BCUT2D eigenvalue weighted by atomic mass is 35.5. The molecule has 0 aromatic heterocycles. The molecule has 1 aromatic carbocycles. The third-order valence-corrected chi connectivity index (χ3v) is 3.88. The minimum absolute atomic E-state index is 0.0201. The van der Waals surface area contributed by atoms with E-state index >= 15 is 0 Å². The standard InChI is InChI=1S/C13H17Cl2N3O/c14-8-5-6-9(15)12(7-8)18-13(19)17-11-4-2-1-3-10(11)16/h5-7,10-11H,1-4,16H2,(H2,17,18,19). The largest absolute Gasteiger partial charge is 0.334 e. The predicted octanol–water partition coefficient (Wildman–Crippen LogP) is 3.38. The Hall–Kier alpha value is -0.970. The lowest BCUT2D eigenvalue weighted by Gasteiger charge is -2.29. The summed E-state index contributed by atoms with van der Waals surface area (Å²) in [6.45, 7) is 0. The highest BCUT2D eigenvalue weighted by molar-refractivity contribution is 6.35. The Kier molecular flexibility index (Phi) is 4.91. The van der Waals surface area contributed by atoms with Crippen LogP contribution in [0.15, 0.2) is 18.2 Å². The van der Waals surface area contributed by atoms with Gasteiger partial charge in [-0.3, -0.25) is 0 Å². The third-order valence-electron chi connectivity index (χ3n) is 3.31. The molecule has 1 fully saturated rings. The summed E-state index contributed by atoms with van der Waals surface area (Å²) in [6.07, 6.45) is 4.08. The number of urea groups is 1. The van der Waals surface area contributed by atoms with Gasteiger partial charge in [0.15, 0.2) is 0 Å². The summed E-state index contributed by atoms with van der Waals surface area (Å²) in [5, 5.41) is 6.56. The van der Waals surface area contributed by atoms with Gasteiger partial charge in [0.05, 0.1) is 10.7 Å². The normalized spacial score (nSPS) is 22.9. The topological polar surface area (TPSA) is 67.1 Å². The first kappa shape index (κ1) is 14.4. The van der Waals surface area contributed by atoms with Crippen LogP contribution in [0.2, 0.25) is 10.0 Å². The minimum Gasteiger partial charge on any atom is -0.334 e. The molecule has 19 heavy (non-hydrogen) atoms. The fraction of sp³-hybridized carbons (Fsp3) is 0.462. The first-order chi connectivity index (χ1) is 9.06. The maximum Gasteiger partial charge on any atom is 0.319 e. The quantitative estimate of drug-likeness (QED) is 0.784. The zero-order valence-corrected chi connectivity index (χ0v) is 12.0. The van der Waals surface area contributed by atoms with E-state index in [4.69, 9.17) is 28.9 Å². The van der Waals surface area contributed by atoms with E-state index in [0.29, 0.717) is 15.7 Å². The number of anilines is 1. The van der Waals surface area contributed by atoms with Gasteiger partial charge in [-0.25, -0.2) is 4.79 Å². The fourth-order valence-corrected chi connectivity index (χ4v) is 2.60. The Morgan fingerprint density at radius 1 is 1.26 bits per heavy atom. The second-order valence-corrected chi connectivity index (χ2v) is 5.62. The third kappa shape index (κ3) is 4.00. The maximum atomic E-state index is 11.9. The lowest BCUT2D eigenvalue weighted by Crippen LogP contribution is -2.50. The summed E-state index contributed by atoms with van der Waals surface area (Å²) in [5.74, 6) is 0. The molecule has 4 nitrogen and oxygen atoms in total. The first-order valence-corrected chi connectivity index (χ1v) is 7.10. The number of rotatable bonds is 2. The molecule has 0 bridgehead atoms. The molecule has 2 rings (SSSR count). The number of carbonyl (C=O) groups is 1. The van der Waals surface area contributed by atoms with Gasteiger partial charge in [0, 0.05) is 17.1 Å². The summed E-state index contributed by atoms with van der Waals surface area (Å²) in [7, 11) is 0. The molecule has 2 amide bonds. The molecule has 104 valence electrons. The molecule has 2 atom stereocenters. The van der Waals surface area contributed by atoms with E-state index in [2.05, 4.69) is 10.6 Å². The van der Waals surface area contributed by atoms with Crippen molar-refractivity contribution >= 4 is 34.9 Å².